The number of carbonyl (C=O) groups excluding carboxylic acids is 6. The topological polar surface area (TPSA) is 212 Å². The SMILES string of the molecule is CCCCC1(CCCC)c2cc(NC(=O)[C@@H]3CC(OCCOC)CN3C(=O)[C@H](NC(=O)OC)c3ccccc3)ccc2-c2ccc(NC(=O)[C@@H]3C[C@@H](OCCOC)CN3C(=O)[C@H](NC(=O)OC)c3ccccc3)cc21. The Bertz CT molecular complexity index is 2420. The van der Waals surface area contributed by atoms with Gasteiger partial charge in [-0.3, -0.25) is 19.2 Å². The van der Waals surface area contributed by atoms with Gasteiger partial charge < -0.3 is 59.5 Å². The maximum absolute atomic E-state index is 14.6. The summed E-state index contributed by atoms with van der Waals surface area (Å²) in [5, 5.41) is 11.7. The number of rotatable bonds is 24. The van der Waals surface area contributed by atoms with Crippen LogP contribution in [0.4, 0.5) is 21.0 Å². The Labute approximate surface area is 439 Å². The number of hydrogen-bond donors (Lipinski definition) is 4. The lowest BCUT2D eigenvalue weighted by Gasteiger charge is -2.33. The minimum atomic E-state index is -1.13. The van der Waals surface area contributed by atoms with Gasteiger partial charge in [-0.1, -0.05) is 112 Å². The summed E-state index contributed by atoms with van der Waals surface area (Å²) in [4.78, 5) is 86.5. The molecule has 2 aliphatic heterocycles. The van der Waals surface area contributed by atoms with E-state index in [9.17, 15) is 28.8 Å². The van der Waals surface area contributed by atoms with Gasteiger partial charge in [-0.2, -0.15) is 0 Å². The number of ether oxygens (including phenoxy) is 6. The molecule has 0 saturated carbocycles. The Morgan fingerprint density at radius 2 is 0.960 bits per heavy atom. The Balaban J connectivity index is 1.18. The molecular formula is C57H72N6O12. The van der Waals surface area contributed by atoms with Gasteiger partial charge in [0.25, 0.3) is 11.8 Å². The van der Waals surface area contributed by atoms with Crippen molar-refractivity contribution in [3.05, 3.63) is 119 Å². The molecule has 75 heavy (non-hydrogen) atoms. The third-order valence-corrected chi connectivity index (χ3v) is 14.4. The van der Waals surface area contributed by atoms with E-state index in [0.29, 0.717) is 35.7 Å². The summed E-state index contributed by atoms with van der Waals surface area (Å²) in [6.45, 7) is 5.74. The van der Waals surface area contributed by atoms with Crippen molar-refractivity contribution in [3.63, 3.8) is 0 Å². The fourth-order valence-corrected chi connectivity index (χ4v) is 10.7. The summed E-state index contributed by atoms with van der Waals surface area (Å²) >= 11 is 0. The molecule has 2 saturated heterocycles. The van der Waals surface area contributed by atoms with Crippen molar-refractivity contribution in [3.8, 4) is 11.1 Å². The summed E-state index contributed by atoms with van der Waals surface area (Å²) in [7, 11) is 5.59. The van der Waals surface area contributed by atoms with E-state index in [0.717, 1.165) is 60.8 Å². The van der Waals surface area contributed by atoms with E-state index in [1.54, 1.807) is 62.8 Å². The van der Waals surface area contributed by atoms with Crippen molar-refractivity contribution < 1.29 is 57.2 Å². The van der Waals surface area contributed by atoms with E-state index < -0.39 is 77.6 Å². The van der Waals surface area contributed by atoms with Crippen molar-refractivity contribution in [2.24, 2.45) is 0 Å². The zero-order valence-corrected chi connectivity index (χ0v) is 43.9. The van der Waals surface area contributed by atoms with E-state index in [4.69, 9.17) is 28.4 Å². The Hall–Kier alpha value is -6.86. The lowest BCUT2D eigenvalue weighted by Crippen LogP contribution is -2.48. The molecule has 3 aliphatic rings. The van der Waals surface area contributed by atoms with E-state index in [1.807, 2.05) is 48.5 Å². The van der Waals surface area contributed by atoms with Gasteiger partial charge in [0, 0.05) is 56.9 Å². The fourth-order valence-electron chi connectivity index (χ4n) is 10.7. The van der Waals surface area contributed by atoms with Crippen LogP contribution in [0.25, 0.3) is 11.1 Å². The molecular weight excluding hydrogens is 961 g/mol. The smallest absolute Gasteiger partial charge is 0.407 e. The van der Waals surface area contributed by atoms with Crippen LogP contribution in [0.1, 0.15) is 99.6 Å². The molecule has 7 rings (SSSR count). The van der Waals surface area contributed by atoms with Crippen LogP contribution in [-0.4, -0.2) is 138 Å². The van der Waals surface area contributed by atoms with Crippen LogP contribution < -0.4 is 21.3 Å². The van der Waals surface area contributed by atoms with E-state index in [2.05, 4.69) is 35.1 Å². The average Bonchev–Trinajstić information content (AvgIpc) is 4.16. The van der Waals surface area contributed by atoms with Gasteiger partial charge in [0.05, 0.1) is 52.9 Å². The molecule has 18 heteroatoms. The number of unbranched alkanes of at least 4 members (excludes halogenated alkanes) is 2. The van der Waals surface area contributed by atoms with E-state index in [1.165, 1.54) is 24.0 Å². The summed E-state index contributed by atoms with van der Waals surface area (Å²) in [5.74, 6) is -1.77. The van der Waals surface area contributed by atoms with Crippen LogP contribution >= 0.6 is 0 Å². The summed E-state index contributed by atoms with van der Waals surface area (Å²) in [6, 6.07) is 25.4. The maximum atomic E-state index is 14.6. The second kappa shape index (κ2) is 26.6. The number of methoxy groups -OCH3 is 4. The third-order valence-electron chi connectivity index (χ3n) is 14.4. The lowest BCUT2D eigenvalue weighted by molar-refractivity contribution is -0.138. The molecule has 2 fully saturated rings. The quantitative estimate of drug-likeness (QED) is 0.0498. The molecule has 1 unspecified atom stereocenters. The molecule has 6 amide bonds. The number of benzene rings is 4. The van der Waals surface area contributed by atoms with Crippen LogP contribution in [-0.2, 0) is 53.0 Å². The predicted octanol–water partition coefficient (Wildman–Crippen LogP) is 7.67. The van der Waals surface area contributed by atoms with E-state index >= 15 is 0 Å². The number of amides is 6. The molecule has 4 aromatic carbocycles. The number of alkyl carbamates (subject to hydrolysis) is 2. The first-order chi connectivity index (χ1) is 36.4. The Morgan fingerprint density at radius 1 is 0.560 bits per heavy atom. The van der Waals surface area contributed by atoms with Crippen LogP contribution in [0.15, 0.2) is 97.1 Å². The number of fused-ring (bicyclic) bond motifs is 3. The first-order valence-corrected chi connectivity index (χ1v) is 25.9. The van der Waals surface area contributed by atoms with Gasteiger partial charge in [-0.05, 0) is 70.5 Å². The molecule has 0 spiro atoms. The van der Waals surface area contributed by atoms with Crippen LogP contribution in [0, 0.1) is 0 Å². The fraction of sp³-hybridized carbons (Fsp3) is 0.474. The molecule has 4 aromatic rings. The highest BCUT2D eigenvalue weighted by molar-refractivity contribution is 6.01. The molecule has 0 radical (unpaired) electrons. The molecule has 402 valence electrons. The van der Waals surface area contributed by atoms with Gasteiger partial charge in [0.2, 0.25) is 11.8 Å². The van der Waals surface area contributed by atoms with Gasteiger partial charge in [0.1, 0.15) is 24.2 Å². The van der Waals surface area contributed by atoms with Crippen molar-refractivity contribution >= 4 is 47.2 Å². The molecule has 1 aliphatic carbocycles. The first kappa shape index (κ1) is 55.9. The van der Waals surface area contributed by atoms with Crippen LogP contribution in [0.2, 0.25) is 0 Å². The third kappa shape index (κ3) is 13.2. The van der Waals surface area contributed by atoms with Gasteiger partial charge in [-0.15, -0.1) is 0 Å². The van der Waals surface area contributed by atoms with Crippen LogP contribution in [0.5, 0.6) is 0 Å². The highest BCUT2D eigenvalue weighted by Gasteiger charge is 2.47. The molecule has 2 heterocycles. The van der Waals surface area contributed by atoms with Gasteiger partial charge in [0.15, 0.2) is 0 Å². The van der Waals surface area contributed by atoms with Crippen molar-refractivity contribution in [1.82, 2.24) is 20.4 Å². The molecule has 18 nitrogen and oxygen atoms in total. The van der Waals surface area contributed by atoms with Crippen molar-refractivity contribution in [1.29, 1.82) is 0 Å². The minimum absolute atomic E-state index is 0.112. The first-order valence-electron chi connectivity index (χ1n) is 25.9. The number of anilines is 2. The minimum Gasteiger partial charge on any atom is -0.453 e. The maximum Gasteiger partial charge on any atom is 0.407 e. The summed E-state index contributed by atoms with van der Waals surface area (Å²) in [6.07, 6.45) is 3.21. The van der Waals surface area contributed by atoms with Gasteiger partial charge in [-0.25, -0.2) is 9.59 Å². The number of hydrogen-bond acceptors (Lipinski definition) is 12. The average molecular weight is 1030 g/mol. The summed E-state index contributed by atoms with van der Waals surface area (Å²) in [5.41, 5.74) is 5.84. The van der Waals surface area contributed by atoms with Crippen molar-refractivity contribution in [2.75, 3.05) is 78.6 Å². The van der Waals surface area contributed by atoms with Gasteiger partial charge >= 0.3 is 12.2 Å². The molecule has 0 aromatic heterocycles. The van der Waals surface area contributed by atoms with Crippen molar-refractivity contribution in [2.45, 2.75) is 107 Å². The normalized spacial score (nSPS) is 19.1. The zero-order valence-electron chi connectivity index (χ0n) is 43.9. The second-order valence-electron chi connectivity index (χ2n) is 19.2. The number of likely N-dealkylation sites (tertiary alicyclic amines) is 2. The number of nitrogens with zero attached hydrogens (tertiary/aromatic N) is 2. The molecule has 6 atom stereocenters. The standard InChI is InChI=1S/C57H72N6O12/c1-7-9-25-57(26-10-8-2)45-31-39(58-51(64)47-33-41(74-29-27-70-3)35-62(47)53(66)49(60-55(68)72-5)37-17-13-11-14-18-37)21-23-43(45)44-24-22-40(32-46(44)57)59-52(65)48-34-42(75-30-28-71-4)36-63(48)54(67)50(61-56(69)73-6)38-19-15-12-16-20-38/h11-24,31-32,41-42,47-50H,7-10,25-30,33-36H2,1-6H3,(H,58,64)(H,59,65)(H,60,68)(H,61,69)/t41-,42?,47+,48+,49-,50-/m1/s1. The van der Waals surface area contributed by atoms with E-state index in [-0.39, 0.29) is 39.1 Å². The number of carbonyl (C=O) groups is 6. The zero-order chi connectivity index (χ0) is 53.5. The Kier molecular flexibility index (Phi) is 19.8. The summed E-state index contributed by atoms with van der Waals surface area (Å²) < 4.78 is 32.4. The largest absolute Gasteiger partial charge is 0.453 e. The highest BCUT2D eigenvalue weighted by atomic mass is 16.5. The Morgan fingerprint density at radius 3 is 1.32 bits per heavy atom. The molecule has 0 bridgehead atoms. The lowest BCUT2D eigenvalue weighted by atomic mass is 9.70. The highest BCUT2D eigenvalue weighted by Crippen LogP contribution is 2.55. The monoisotopic (exact) mass is 1030 g/mol. The van der Waals surface area contributed by atoms with Crippen LogP contribution in [0.3, 0.4) is 0 Å². The second-order valence-corrected chi connectivity index (χ2v) is 19.2. The predicted molar refractivity (Wildman–Crippen MR) is 282 cm³/mol. The number of nitrogens with one attached hydrogen (secondary N) is 4. The molecule has 4 N–H and O–H groups in total.